The molecule has 1 rings (SSSR count). The highest BCUT2D eigenvalue weighted by Gasteiger charge is 2.12. The Morgan fingerprint density at radius 1 is 1.61 bits per heavy atom. The summed E-state index contributed by atoms with van der Waals surface area (Å²) in [5.74, 6) is 0.448. The summed E-state index contributed by atoms with van der Waals surface area (Å²) in [6, 6.07) is 0. The molecule has 0 saturated heterocycles. The fraction of sp³-hybridized carbons (Fsp3) is 0.545. The van der Waals surface area contributed by atoms with E-state index in [1.165, 1.54) is 4.57 Å². The Kier molecular flexibility index (Phi) is 5.31. The molecule has 0 aliphatic carbocycles. The molecule has 7 nitrogen and oxygen atoms in total. The minimum atomic E-state index is -0.169. The minimum absolute atomic E-state index is 0.0881. The fourth-order valence-electron chi connectivity index (χ4n) is 1.48. The van der Waals surface area contributed by atoms with Crippen LogP contribution >= 0.6 is 0 Å². The highest BCUT2D eigenvalue weighted by atomic mass is 16.5. The molecule has 0 saturated carbocycles. The second-order valence-electron chi connectivity index (χ2n) is 3.92. The van der Waals surface area contributed by atoms with Gasteiger partial charge in [-0.1, -0.05) is 0 Å². The molecule has 0 aliphatic heterocycles. The highest BCUT2D eigenvalue weighted by Crippen LogP contribution is 2.04. The number of hydrogen-bond donors (Lipinski definition) is 2. The van der Waals surface area contributed by atoms with Crippen molar-refractivity contribution in [3.63, 3.8) is 0 Å². The molecule has 1 heterocycles. The first-order valence-corrected chi connectivity index (χ1v) is 5.64. The molecule has 3 N–H and O–H groups in total. The smallest absolute Gasteiger partial charge is 0.293 e. The van der Waals surface area contributed by atoms with Gasteiger partial charge in [-0.3, -0.25) is 10.2 Å². The maximum absolute atomic E-state index is 12.0. The first-order chi connectivity index (χ1) is 8.56. The predicted octanol–water partition coefficient (Wildman–Crippen LogP) is -0.441. The topological polar surface area (TPSA) is 97.2 Å². The molecule has 0 spiro atoms. The van der Waals surface area contributed by atoms with Gasteiger partial charge in [0.05, 0.1) is 12.4 Å². The molecule has 0 bridgehead atoms. The zero-order valence-electron chi connectivity index (χ0n) is 10.7. The zero-order chi connectivity index (χ0) is 13.5. The van der Waals surface area contributed by atoms with Gasteiger partial charge < -0.3 is 19.9 Å². The molecule has 7 heteroatoms. The molecule has 1 aromatic heterocycles. The average molecular weight is 253 g/mol. The first-order valence-electron chi connectivity index (χ1n) is 5.64. The number of ether oxygens (including phenoxy) is 1. The number of amidine groups is 1. The maximum Gasteiger partial charge on any atom is 0.293 e. The van der Waals surface area contributed by atoms with E-state index in [-0.39, 0.29) is 11.4 Å². The summed E-state index contributed by atoms with van der Waals surface area (Å²) in [5, 5.41) is 7.24. The van der Waals surface area contributed by atoms with Crippen molar-refractivity contribution in [1.29, 1.82) is 5.41 Å². The third-order valence-electron chi connectivity index (χ3n) is 2.51. The van der Waals surface area contributed by atoms with Gasteiger partial charge in [-0.2, -0.15) is 0 Å². The molecule has 0 fully saturated rings. The number of nitrogens with zero attached hydrogens (tertiary/aromatic N) is 3. The van der Waals surface area contributed by atoms with Crippen LogP contribution in [0.15, 0.2) is 17.2 Å². The van der Waals surface area contributed by atoms with Crippen molar-refractivity contribution in [2.24, 2.45) is 12.8 Å². The summed E-state index contributed by atoms with van der Waals surface area (Å²) in [6.45, 7) is 1.50. The summed E-state index contributed by atoms with van der Waals surface area (Å²) in [4.78, 5) is 17.8. The Morgan fingerprint density at radius 2 is 2.33 bits per heavy atom. The van der Waals surface area contributed by atoms with Crippen LogP contribution < -0.4 is 16.2 Å². The van der Waals surface area contributed by atoms with Crippen LogP contribution in [0.25, 0.3) is 0 Å². The minimum Gasteiger partial charge on any atom is -0.388 e. The van der Waals surface area contributed by atoms with Gasteiger partial charge in [-0.25, -0.2) is 4.98 Å². The van der Waals surface area contributed by atoms with Gasteiger partial charge in [0.25, 0.3) is 5.56 Å². The Bertz CT molecular complexity index is 457. The highest BCUT2D eigenvalue weighted by molar-refractivity contribution is 5.77. The van der Waals surface area contributed by atoms with E-state index >= 15 is 0 Å². The molecule has 0 aromatic carbocycles. The molecular weight excluding hydrogens is 234 g/mol. The predicted molar refractivity (Wildman–Crippen MR) is 70.1 cm³/mol. The third kappa shape index (κ3) is 3.85. The van der Waals surface area contributed by atoms with Crippen molar-refractivity contribution in [1.82, 2.24) is 9.55 Å². The molecule has 100 valence electrons. The average Bonchev–Trinajstić information content (AvgIpc) is 2.33. The first kappa shape index (κ1) is 14.2. The van der Waals surface area contributed by atoms with E-state index in [1.54, 1.807) is 31.5 Å². The lowest BCUT2D eigenvalue weighted by Crippen LogP contribution is -2.37. The van der Waals surface area contributed by atoms with Crippen molar-refractivity contribution in [3.05, 3.63) is 22.7 Å². The van der Waals surface area contributed by atoms with Crippen LogP contribution in [0.3, 0.4) is 0 Å². The molecule has 1 aromatic rings. The van der Waals surface area contributed by atoms with Crippen LogP contribution in [0.1, 0.15) is 6.42 Å². The van der Waals surface area contributed by atoms with Gasteiger partial charge in [0.2, 0.25) is 0 Å². The maximum atomic E-state index is 12.0. The van der Waals surface area contributed by atoms with E-state index in [2.05, 4.69) is 4.98 Å². The monoisotopic (exact) mass is 253 g/mol. The van der Waals surface area contributed by atoms with Gasteiger partial charge >= 0.3 is 0 Å². The Labute approximate surface area is 106 Å². The number of methoxy groups -OCH3 is 1. The van der Waals surface area contributed by atoms with Crippen molar-refractivity contribution in [2.75, 3.05) is 31.7 Å². The zero-order valence-corrected chi connectivity index (χ0v) is 10.7. The quantitative estimate of drug-likeness (QED) is 0.507. The summed E-state index contributed by atoms with van der Waals surface area (Å²) in [7, 11) is 3.27. The molecule has 0 radical (unpaired) electrons. The van der Waals surface area contributed by atoms with E-state index in [0.29, 0.717) is 31.9 Å². The van der Waals surface area contributed by atoms with Crippen LogP contribution in [-0.4, -0.2) is 42.2 Å². The van der Waals surface area contributed by atoms with Gasteiger partial charge in [0, 0.05) is 46.1 Å². The molecule has 18 heavy (non-hydrogen) atoms. The summed E-state index contributed by atoms with van der Waals surface area (Å²) in [5.41, 5.74) is 5.17. The summed E-state index contributed by atoms with van der Waals surface area (Å²) in [6.07, 6.45) is 3.57. The van der Waals surface area contributed by atoms with Crippen molar-refractivity contribution >= 4 is 11.7 Å². The van der Waals surface area contributed by atoms with Crippen LogP contribution in [0.2, 0.25) is 0 Å². The van der Waals surface area contributed by atoms with Gasteiger partial charge in [0.1, 0.15) is 0 Å². The van der Waals surface area contributed by atoms with Crippen LogP contribution in [-0.2, 0) is 11.8 Å². The standard InChI is InChI=1S/C11H19N5O2/c1-15-6-4-14-10(11(15)17)16(7-8-18-2)5-3-9(12)13/h4,6H,3,5,7-8H2,1-2H3,(H3,12,13). The Morgan fingerprint density at radius 3 is 2.94 bits per heavy atom. The van der Waals surface area contributed by atoms with Crippen LogP contribution in [0.5, 0.6) is 0 Å². The molecule has 0 atom stereocenters. The van der Waals surface area contributed by atoms with Gasteiger partial charge in [-0.05, 0) is 0 Å². The Hall–Kier alpha value is -1.89. The van der Waals surface area contributed by atoms with E-state index < -0.39 is 0 Å². The number of anilines is 1. The molecule has 0 aliphatic rings. The summed E-state index contributed by atoms with van der Waals surface area (Å²) >= 11 is 0. The lowest BCUT2D eigenvalue weighted by atomic mass is 10.3. The summed E-state index contributed by atoms with van der Waals surface area (Å²) < 4.78 is 6.48. The third-order valence-corrected chi connectivity index (χ3v) is 2.51. The number of hydrogen-bond acceptors (Lipinski definition) is 5. The van der Waals surface area contributed by atoms with E-state index in [4.69, 9.17) is 15.9 Å². The number of nitrogens with two attached hydrogens (primary N) is 1. The molecule has 0 unspecified atom stereocenters. The SMILES string of the molecule is COCCN(CCC(=N)N)c1nccn(C)c1=O. The van der Waals surface area contributed by atoms with Gasteiger partial charge in [0.15, 0.2) is 5.82 Å². The van der Waals surface area contributed by atoms with Crippen molar-refractivity contribution in [3.8, 4) is 0 Å². The van der Waals surface area contributed by atoms with Crippen molar-refractivity contribution < 1.29 is 4.74 Å². The van der Waals surface area contributed by atoms with Gasteiger partial charge in [-0.15, -0.1) is 0 Å². The van der Waals surface area contributed by atoms with E-state index in [0.717, 1.165) is 0 Å². The molecule has 0 amide bonds. The molecular formula is C11H19N5O2. The number of nitrogens with one attached hydrogen (secondary N) is 1. The van der Waals surface area contributed by atoms with Crippen LogP contribution in [0, 0.1) is 5.41 Å². The number of aryl methyl sites for hydroxylation is 1. The van der Waals surface area contributed by atoms with Crippen molar-refractivity contribution in [2.45, 2.75) is 6.42 Å². The van der Waals surface area contributed by atoms with Crippen LogP contribution in [0.4, 0.5) is 5.82 Å². The normalized spacial score (nSPS) is 10.3. The largest absolute Gasteiger partial charge is 0.388 e. The fourth-order valence-corrected chi connectivity index (χ4v) is 1.48. The number of aromatic nitrogens is 2. The van der Waals surface area contributed by atoms with E-state index in [1.807, 2.05) is 0 Å². The lowest BCUT2D eigenvalue weighted by molar-refractivity contribution is 0.205. The lowest BCUT2D eigenvalue weighted by Gasteiger charge is -2.22. The second-order valence-corrected chi connectivity index (χ2v) is 3.92. The van der Waals surface area contributed by atoms with E-state index in [9.17, 15) is 4.79 Å². The number of rotatable bonds is 7. The Balaban J connectivity index is 2.90. The second kappa shape index (κ2) is 6.75.